The fourth-order valence-electron chi connectivity index (χ4n) is 2.98. The highest BCUT2D eigenvalue weighted by molar-refractivity contribution is 5.30. The van der Waals surface area contributed by atoms with Crippen LogP contribution in [0.1, 0.15) is 24.1 Å². The number of aromatic nitrogens is 7. The molecule has 0 unspecified atom stereocenters. The van der Waals surface area contributed by atoms with Crippen molar-refractivity contribution >= 4 is 0 Å². The largest absolute Gasteiger partial charge is 0.382 e. The minimum absolute atomic E-state index is 0.0960. The van der Waals surface area contributed by atoms with E-state index in [0.29, 0.717) is 6.07 Å². The average Bonchev–Trinajstić information content (AvgIpc) is 3.28. The number of nitrogens with zero attached hydrogens (tertiary/aromatic N) is 7. The van der Waals surface area contributed by atoms with E-state index in [1.165, 1.54) is 30.6 Å². The quantitative estimate of drug-likeness (QED) is 0.520. The zero-order chi connectivity index (χ0) is 22.3. The van der Waals surface area contributed by atoms with Gasteiger partial charge in [-0.1, -0.05) is 13.0 Å². The maximum atomic E-state index is 14.4. The lowest BCUT2D eigenvalue weighted by molar-refractivity contribution is -0.0133. The van der Waals surface area contributed by atoms with Crippen molar-refractivity contribution in [1.29, 1.82) is 0 Å². The first-order valence-electron chi connectivity index (χ1n) is 9.07. The number of aliphatic hydroxyl groups is 1. The standard InChI is InChI=1S/C16H14F3N5O.C4H4N2/c1-10(15-14(19)5-20-7-22-15)16(25,6-24-9-21-8-23-24)12-3-2-11(17)4-13(12)18;1-2-5-4-6-3-1/h2-5,7-10,25H,6H2,1H3;1-4H/t10-,16+;/m0./s1. The number of benzene rings is 1. The van der Waals surface area contributed by atoms with Gasteiger partial charge in [-0.05, 0) is 12.1 Å². The number of rotatable bonds is 5. The van der Waals surface area contributed by atoms with Crippen molar-refractivity contribution in [1.82, 2.24) is 34.7 Å². The Balaban J connectivity index is 0.000000391. The van der Waals surface area contributed by atoms with Gasteiger partial charge in [0.1, 0.15) is 42.5 Å². The van der Waals surface area contributed by atoms with Crippen LogP contribution in [0.5, 0.6) is 0 Å². The lowest BCUT2D eigenvalue weighted by atomic mass is 9.79. The van der Waals surface area contributed by atoms with Gasteiger partial charge in [-0.25, -0.2) is 42.8 Å². The summed E-state index contributed by atoms with van der Waals surface area (Å²) in [5, 5.41) is 15.2. The van der Waals surface area contributed by atoms with Crippen LogP contribution in [-0.2, 0) is 12.1 Å². The van der Waals surface area contributed by atoms with Gasteiger partial charge in [0.2, 0.25) is 0 Å². The Morgan fingerprint density at radius 3 is 2.32 bits per heavy atom. The summed E-state index contributed by atoms with van der Waals surface area (Å²) >= 11 is 0. The fourth-order valence-corrected chi connectivity index (χ4v) is 2.98. The Morgan fingerprint density at radius 1 is 1.00 bits per heavy atom. The molecule has 0 saturated carbocycles. The van der Waals surface area contributed by atoms with E-state index in [4.69, 9.17) is 0 Å². The Bertz CT molecular complexity index is 1070. The van der Waals surface area contributed by atoms with Crippen molar-refractivity contribution in [2.75, 3.05) is 0 Å². The Kier molecular flexibility index (Phi) is 6.98. The van der Waals surface area contributed by atoms with E-state index in [0.717, 1.165) is 24.7 Å². The summed E-state index contributed by atoms with van der Waals surface area (Å²) < 4.78 is 43.0. The van der Waals surface area contributed by atoms with Crippen LogP contribution < -0.4 is 0 Å². The third-order valence-electron chi connectivity index (χ3n) is 4.57. The molecule has 2 atom stereocenters. The van der Waals surface area contributed by atoms with Crippen molar-refractivity contribution in [2.45, 2.75) is 25.0 Å². The molecule has 0 amide bonds. The third-order valence-corrected chi connectivity index (χ3v) is 4.57. The van der Waals surface area contributed by atoms with E-state index in [1.807, 2.05) is 0 Å². The topological polar surface area (TPSA) is 102 Å². The van der Waals surface area contributed by atoms with Crippen LogP contribution in [0, 0.1) is 17.5 Å². The molecule has 1 N–H and O–H groups in total. The summed E-state index contributed by atoms with van der Waals surface area (Å²) in [4.78, 5) is 18.5. The van der Waals surface area contributed by atoms with Gasteiger partial charge >= 0.3 is 0 Å². The Hall–Kier alpha value is -3.73. The molecule has 0 fully saturated rings. The summed E-state index contributed by atoms with van der Waals surface area (Å²) in [5.74, 6) is -3.47. The van der Waals surface area contributed by atoms with Gasteiger partial charge < -0.3 is 5.11 Å². The second kappa shape index (κ2) is 9.85. The van der Waals surface area contributed by atoms with Crippen LogP contribution in [0.2, 0.25) is 0 Å². The fraction of sp³-hybridized carbons (Fsp3) is 0.200. The molecule has 0 bridgehead atoms. The van der Waals surface area contributed by atoms with Gasteiger partial charge in [0, 0.05) is 29.9 Å². The molecule has 3 heterocycles. The molecular formula is C20H18F3N7O. The lowest BCUT2D eigenvalue weighted by Gasteiger charge is -2.34. The summed E-state index contributed by atoms with van der Waals surface area (Å²) in [7, 11) is 0. The molecular weight excluding hydrogens is 411 g/mol. The van der Waals surface area contributed by atoms with E-state index in [-0.39, 0.29) is 17.8 Å². The molecule has 8 nitrogen and oxygen atoms in total. The van der Waals surface area contributed by atoms with Crippen LogP contribution in [0.3, 0.4) is 0 Å². The van der Waals surface area contributed by atoms with Gasteiger partial charge in [-0.2, -0.15) is 5.10 Å². The van der Waals surface area contributed by atoms with Crippen LogP contribution in [0.25, 0.3) is 0 Å². The lowest BCUT2D eigenvalue weighted by Crippen LogP contribution is -2.39. The average molecular weight is 429 g/mol. The second-order valence-corrected chi connectivity index (χ2v) is 6.52. The molecule has 160 valence electrons. The maximum absolute atomic E-state index is 14.4. The highest BCUT2D eigenvalue weighted by atomic mass is 19.1. The highest BCUT2D eigenvalue weighted by Crippen LogP contribution is 2.39. The smallest absolute Gasteiger partial charge is 0.163 e. The molecule has 3 aromatic heterocycles. The molecule has 0 aliphatic heterocycles. The number of hydrogen-bond donors (Lipinski definition) is 1. The summed E-state index contributed by atoms with van der Waals surface area (Å²) in [6.45, 7) is 1.26. The molecule has 0 aliphatic carbocycles. The summed E-state index contributed by atoms with van der Waals surface area (Å²) in [6, 6.07) is 4.58. The van der Waals surface area contributed by atoms with Gasteiger partial charge in [-0.15, -0.1) is 0 Å². The maximum Gasteiger partial charge on any atom is 0.163 e. The minimum Gasteiger partial charge on any atom is -0.382 e. The minimum atomic E-state index is -1.96. The predicted molar refractivity (Wildman–Crippen MR) is 103 cm³/mol. The SMILES string of the molecule is C[C@@H](c1ncncc1F)[C@](O)(Cn1cncn1)c1ccc(F)cc1F.c1cncnc1. The number of halogens is 3. The molecule has 31 heavy (non-hydrogen) atoms. The van der Waals surface area contributed by atoms with Gasteiger partial charge in [-0.3, -0.25) is 0 Å². The monoisotopic (exact) mass is 429 g/mol. The van der Waals surface area contributed by atoms with Crippen molar-refractivity contribution < 1.29 is 18.3 Å². The molecule has 0 spiro atoms. The van der Waals surface area contributed by atoms with E-state index >= 15 is 0 Å². The Morgan fingerprint density at radius 2 is 1.77 bits per heavy atom. The van der Waals surface area contributed by atoms with E-state index in [1.54, 1.807) is 18.5 Å². The van der Waals surface area contributed by atoms with Crippen molar-refractivity contribution in [3.8, 4) is 0 Å². The van der Waals surface area contributed by atoms with Crippen LogP contribution in [0.15, 0.2) is 68.2 Å². The van der Waals surface area contributed by atoms with Crippen molar-refractivity contribution in [3.63, 3.8) is 0 Å². The normalized spacial score (nSPS) is 13.6. The molecule has 4 aromatic rings. The predicted octanol–water partition coefficient (Wildman–Crippen LogP) is 2.65. The molecule has 0 radical (unpaired) electrons. The van der Waals surface area contributed by atoms with E-state index in [9.17, 15) is 18.3 Å². The van der Waals surface area contributed by atoms with Crippen LogP contribution in [0.4, 0.5) is 13.2 Å². The van der Waals surface area contributed by atoms with Gasteiger partial charge in [0.15, 0.2) is 5.82 Å². The molecule has 1 aromatic carbocycles. The van der Waals surface area contributed by atoms with Crippen LogP contribution in [-0.4, -0.2) is 39.8 Å². The second-order valence-electron chi connectivity index (χ2n) is 6.52. The van der Waals surface area contributed by atoms with E-state index < -0.39 is 29.0 Å². The first-order chi connectivity index (χ1) is 14.9. The molecule has 0 saturated heterocycles. The third kappa shape index (κ3) is 5.25. The van der Waals surface area contributed by atoms with Crippen molar-refractivity contribution in [2.24, 2.45) is 0 Å². The van der Waals surface area contributed by atoms with Crippen molar-refractivity contribution in [3.05, 3.63) is 96.9 Å². The van der Waals surface area contributed by atoms with E-state index in [2.05, 4.69) is 30.0 Å². The van der Waals surface area contributed by atoms with Gasteiger partial charge in [0.25, 0.3) is 0 Å². The Labute approximate surface area is 175 Å². The molecule has 0 aliphatic rings. The summed E-state index contributed by atoms with van der Waals surface area (Å²) in [6.07, 6.45) is 9.54. The zero-order valence-electron chi connectivity index (χ0n) is 16.3. The molecule has 4 rings (SSSR count). The first-order valence-corrected chi connectivity index (χ1v) is 9.07. The summed E-state index contributed by atoms with van der Waals surface area (Å²) in [5.41, 5.74) is -2.25. The number of hydrogen-bond acceptors (Lipinski definition) is 7. The molecule has 11 heteroatoms. The van der Waals surface area contributed by atoms with Crippen LogP contribution >= 0.6 is 0 Å². The zero-order valence-corrected chi connectivity index (χ0v) is 16.3. The highest BCUT2D eigenvalue weighted by Gasteiger charge is 2.41. The van der Waals surface area contributed by atoms with Gasteiger partial charge in [0.05, 0.1) is 18.4 Å². The first kappa shape index (κ1) is 22.0.